The van der Waals surface area contributed by atoms with E-state index in [1.54, 1.807) is 0 Å². The zero-order valence-electron chi connectivity index (χ0n) is 11.6. The number of nitrogens with one attached hydrogen (secondary N) is 1. The Morgan fingerprint density at radius 1 is 1.50 bits per heavy atom. The number of nitrogens with zero attached hydrogens (tertiary/aromatic N) is 1. The van der Waals surface area contributed by atoms with Gasteiger partial charge in [-0.15, -0.1) is 0 Å². The molecular formula is C14H17BrN2O2S. The lowest BCUT2D eigenvalue weighted by Crippen LogP contribution is -2.22. The number of aromatic amines is 1. The molecule has 1 heterocycles. The van der Waals surface area contributed by atoms with Crippen molar-refractivity contribution in [3.63, 3.8) is 0 Å². The van der Waals surface area contributed by atoms with Crippen LogP contribution in [0.25, 0.3) is 11.0 Å². The van der Waals surface area contributed by atoms with Crippen LogP contribution in [-0.2, 0) is 9.53 Å². The third kappa shape index (κ3) is 2.96. The molecule has 1 aromatic carbocycles. The number of ether oxygens (including phenoxy) is 1. The molecule has 0 saturated heterocycles. The van der Waals surface area contributed by atoms with Crippen LogP contribution in [-0.4, -0.2) is 22.6 Å². The molecule has 2 aromatic rings. The summed E-state index contributed by atoms with van der Waals surface area (Å²) in [5.74, 6) is 0.0915. The number of halogens is 1. The zero-order valence-corrected chi connectivity index (χ0v) is 14.0. The van der Waals surface area contributed by atoms with Crippen molar-refractivity contribution >= 4 is 45.2 Å². The van der Waals surface area contributed by atoms with E-state index < -0.39 is 6.04 Å². The van der Waals surface area contributed by atoms with Crippen LogP contribution in [0, 0.1) is 10.7 Å². The van der Waals surface area contributed by atoms with Gasteiger partial charge in [-0.2, -0.15) is 0 Å². The van der Waals surface area contributed by atoms with Gasteiger partial charge in [-0.05, 0) is 42.8 Å². The molecule has 0 spiro atoms. The predicted octanol–water partition coefficient (Wildman–Crippen LogP) is 4.22. The fourth-order valence-corrected chi connectivity index (χ4v) is 2.98. The number of benzene rings is 1. The van der Waals surface area contributed by atoms with Crippen molar-refractivity contribution in [2.24, 2.45) is 5.92 Å². The third-order valence-corrected chi connectivity index (χ3v) is 3.95. The second-order valence-electron chi connectivity index (χ2n) is 5.13. The molecule has 0 aliphatic heterocycles. The fraction of sp³-hybridized carbons (Fsp3) is 0.429. The summed E-state index contributed by atoms with van der Waals surface area (Å²) < 4.78 is 8.27. The number of carbonyl (C=O) groups excluding carboxylic acids is 1. The zero-order chi connectivity index (χ0) is 14.9. The molecule has 0 radical (unpaired) electrons. The average Bonchev–Trinajstić information content (AvgIpc) is 2.70. The number of fused-ring (bicyclic) bond motifs is 1. The molecule has 0 fully saturated rings. The molecule has 0 amide bonds. The summed E-state index contributed by atoms with van der Waals surface area (Å²) in [6, 6.07) is 5.43. The van der Waals surface area contributed by atoms with E-state index >= 15 is 0 Å². The maximum Gasteiger partial charge on any atom is 0.328 e. The van der Waals surface area contributed by atoms with Crippen LogP contribution in [0.3, 0.4) is 0 Å². The van der Waals surface area contributed by atoms with Gasteiger partial charge < -0.3 is 14.3 Å². The first-order chi connectivity index (χ1) is 9.43. The van der Waals surface area contributed by atoms with Crippen LogP contribution in [0.5, 0.6) is 0 Å². The van der Waals surface area contributed by atoms with Crippen molar-refractivity contribution in [3.05, 3.63) is 27.4 Å². The van der Waals surface area contributed by atoms with Crippen LogP contribution in [0.1, 0.15) is 26.3 Å². The number of carbonyl (C=O) groups is 1. The SMILES string of the molecule is COC(=O)C(CC(C)C)n1c(=S)[nH]c2ccc(Br)cc21. The van der Waals surface area contributed by atoms with E-state index in [0.29, 0.717) is 17.1 Å². The van der Waals surface area contributed by atoms with Gasteiger partial charge in [0.25, 0.3) is 0 Å². The Morgan fingerprint density at radius 2 is 2.20 bits per heavy atom. The van der Waals surface area contributed by atoms with Crippen molar-refractivity contribution in [1.82, 2.24) is 9.55 Å². The maximum atomic E-state index is 12.1. The van der Waals surface area contributed by atoms with Crippen LogP contribution < -0.4 is 0 Å². The minimum atomic E-state index is -0.407. The molecule has 108 valence electrons. The lowest BCUT2D eigenvalue weighted by Gasteiger charge is -2.19. The monoisotopic (exact) mass is 356 g/mol. The number of rotatable bonds is 4. The minimum Gasteiger partial charge on any atom is -0.467 e. The Bertz CT molecular complexity index is 690. The van der Waals surface area contributed by atoms with E-state index in [9.17, 15) is 4.79 Å². The summed E-state index contributed by atoms with van der Waals surface area (Å²) in [7, 11) is 1.41. The Labute approximate surface area is 131 Å². The molecule has 1 unspecified atom stereocenters. The molecule has 1 N–H and O–H groups in total. The first-order valence-electron chi connectivity index (χ1n) is 6.41. The average molecular weight is 357 g/mol. The highest BCUT2D eigenvalue weighted by molar-refractivity contribution is 9.10. The summed E-state index contributed by atoms with van der Waals surface area (Å²) in [5, 5.41) is 0. The molecule has 2 rings (SSSR count). The second-order valence-corrected chi connectivity index (χ2v) is 6.43. The Morgan fingerprint density at radius 3 is 2.80 bits per heavy atom. The van der Waals surface area contributed by atoms with Gasteiger partial charge in [-0.1, -0.05) is 29.8 Å². The topological polar surface area (TPSA) is 47.0 Å². The standard InChI is InChI=1S/C14H17BrN2O2S/c1-8(2)6-12(13(18)19-3)17-11-7-9(15)4-5-10(11)16-14(17)20/h4-5,7-8,12H,6H2,1-3H3,(H,16,20). The number of imidazole rings is 1. The number of hydrogen-bond acceptors (Lipinski definition) is 3. The number of esters is 1. The van der Waals surface area contributed by atoms with Gasteiger partial charge >= 0.3 is 5.97 Å². The summed E-state index contributed by atoms with van der Waals surface area (Å²) >= 11 is 8.83. The minimum absolute atomic E-state index is 0.268. The first kappa shape index (κ1) is 15.3. The molecule has 20 heavy (non-hydrogen) atoms. The van der Waals surface area contributed by atoms with Gasteiger partial charge in [0.1, 0.15) is 6.04 Å². The van der Waals surface area contributed by atoms with Crippen LogP contribution in [0.15, 0.2) is 22.7 Å². The lowest BCUT2D eigenvalue weighted by molar-refractivity contribution is -0.145. The summed E-state index contributed by atoms with van der Waals surface area (Å²) in [4.78, 5) is 15.2. The van der Waals surface area contributed by atoms with Crippen LogP contribution >= 0.6 is 28.1 Å². The summed E-state index contributed by atoms with van der Waals surface area (Å²) in [5.41, 5.74) is 1.82. The van der Waals surface area contributed by atoms with Crippen molar-refractivity contribution in [3.8, 4) is 0 Å². The molecule has 0 bridgehead atoms. The molecular weight excluding hydrogens is 340 g/mol. The largest absolute Gasteiger partial charge is 0.467 e. The van der Waals surface area contributed by atoms with Crippen LogP contribution in [0.2, 0.25) is 0 Å². The predicted molar refractivity (Wildman–Crippen MR) is 85.3 cm³/mol. The molecule has 0 aliphatic rings. The highest BCUT2D eigenvalue weighted by Crippen LogP contribution is 2.27. The smallest absolute Gasteiger partial charge is 0.328 e. The number of aromatic nitrogens is 2. The van der Waals surface area contributed by atoms with Gasteiger partial charge in [0.15, 0.2) is 4.77 Å². The van der Waals surface area contributed by atoms with Crippen LogP contribution in [0.4, 0.5) is 0 Å². The Hall–Kier alpha value is -1.14. The number of methoxy groups -OCH3 is 1. The van der Waals surface area contributed by atoms with Gasteiger partial charge in [0, 0.05) is 4.47 Å². The van der Waals surface area contributed by atoms with E-state index in [1.165, 1.54) is 7.11 Å². The fourth-order valence-electron chi connectivity index (χ4n) is 2.29. The molecule has 1 atom stereocenters. The number of hydrogen-bond donors (Lipinski definition) is 1. The van der Waals surface area contributed by atoms with Gasteiger partial charge in [-0.3, -0.25) is 0 Å². The van der Waals surface area contributed by atoms with E-state index in [-0.39, 0.29) is 5.97 Å². The molecule has 0 aliphatic carbocycles. The summed E-state index contributed by atoms with van der Waals surface area (Å²) in [6.45, 7) is 4.15. The molecule has 6 heteroatoms. The van der Waals surface area contributed by atoms with Gasteiger partial charge in [-0.25, -0.2) is 4.79 Å². The van der Waals surface area contributed by atoms with Gasteiger partial charge in [0.05, 0.1) is 18.1 Å². The van der Waals surface area contributed by atoms with Crippen molar-refractivity contribution in [2.75, 3.05) is 7.11 Å². The first-order valence-corrected chi connectivity index (χ1v) is 7.61. The quantitative estimate of drug-likeness (QED) is 0.658. The van der Waals surface area contributed by atoms with E-state index in [2.05, 4.69) is 34.8 Å². The van der Waals surface area contributed by atoms with E-state index in [1.807, 2.05) is 22.8 Å². The normalized spacial score (nSPS) is 12.8. The highest BCUT2D eigenvalue weighted by Gasteiger charge is 2.25. The summed E-state index contributed by atoms with van der Waals surface area (Å²) in [6.07, 6.45) is 0.681. The Balaban J connectivity index is 2.63. The molecule has 1 aromatic heterocycles. The molecule has 4 nitrogen and oxygen atoms in total. The molecule has 0 saturated carbocycles. The maximum absolute atomic E-state index is 12.1. The Kier molecular flexibility index (Phi) is 4.65. The van der Waals surface area contributed by atoms with E-state index in [0.717, 1.165) is 15.5 Å². The van der Waals surface area contributed by atoms with Crippen molar-refractivity contribution in [1.29, 1.82) is 0 Å². The third-order valence-electron chi connectivity index (χ3n) is 3.16. The van der Waals surface area contributed by atoms with Crippen molar-refractivity contribution < 1.29 is 9.53 Å². The second kappa shape index (κ2) is 6.10. The number of H-pyrrole nitrogens is 1. The van der Waals surface area contributed by atoms with Crippen molar-refractivity contribution in [2.45, 2.75) is 26.3 Å². The van der Waals surface area contributed by atoms with Gasteiger partial charge in [0.2, 0.25) is 0 Å². The van der Waals surface area contributed by atoms with E-state index in [4.69, 9.17) is 17.0 Å². The highest BCUT2D eigenvalue weighted by atomic mass is 79.9. The lowest BCUT2D eigenvalue weighted by atomic mass is 10.0.